The lowest BCUT2D eigenvalue weighted by Gasteiger charge is -2.31. The Morgan fingerprint density at radius 3 is 2.63 bits per heavy atom. The molecule has 1 aromatic carbocycles. The van der Waals surface area contributed by atoms with Crippen LogP contribution in [0.15, 0.2) is 46.0 Å². The first kappa shape index (κ1) is 21.8. The summed E-state index contributed by atoms with van der Waals surface area (Å²) >= 11 is 5.66. The van der Waals surface area contributed by atoms with Gasteiger partial charge >= 0.3 is 18.2 Å². The number of urea groups is 1. The molecule has 2 amide bonds. The minimum absolute atomic E-state index is 0.126. The molecule has 160 valence electrons. The predicted octanol–water partition coefficient (Wildman–Crippen LogP) is 5.15. The first-order valence-corrected chi connectivity index (χ1v) is 9.31. The average Bonchev–Trinajstić information content (AvgIpc) is 3.15. The summed E-state index contributed by atoms with van der Waals surface area (Å²) < 4.78 is 50.3. The molecule has 3 rings (SSSR count). The third-order valence-electron chi connectivity index (χ3n) is 4.72. The monoisotopic (exact) mass is 442 g/mol. The molecule has 0 aliphatic carbocycles. The Morgan fingerprint density at radius 2 is 2.00 bits per heavy atom. The number of alkyl halides is 3. The Morgan fingerprint density at radius 1 is 1.30 bits per heavy atom. The van der Waals surface area contributed by atoms with E-state index in [4.69, 9.17) is 20.8 Å². The molecule has 6 nitrogen and oxygen atoms in total. The largest absolute Gasteiger partial charge is 0.463 e. The molecule has 30 heavy (non-hydrogen) atoms. The molecule has 0 spiro atoms. The van der Waals surface area contributed by atoms with Crippen molar-refractivity contribution in [1.82, 2.24) is 10.2 Å². The van der Waals surface area contributed by atoms with Gasteiger partial charge in [0.15, 0.2) is 0 Å². The van der Waals surface area contributed by atoms with Crippen LogP contribution < -0.4 is 5.32 Å². The van der Waals surface area contributed by atoms with Crippen LogP contribution in [0.4, 0.5) is 18.0 Å². The zero-order valence-corrected chi connectivity index (χ0v) is 17.0. The third-order valence-corrected chi connectivity index (χ3v) is 5.05. The van der Waals surface area contributed by atoms with E-state index in [0.717, 1.165) is 12.1 Å². The quantitative estimate of drug-likeness (QED) is 0.664. The molecule has 2 aromatic rings. The van der Waals surface area contributed by atoms with Gasteiger partial charge in [-0.2, -0.15) is 13.2 Å². The minimum atomic E-state index is -4.62. The maximum absolute atomic E-state index is 13.2. The summed E-state index contributed by atoms with van der Waals surface area (Å²) in [5.41, 5.74) is -0.288. The topological polar surface area (TPSA) is 71.8 Å². The highest BCUT2D eigenvalue weighted by Gasteiger charge is 2.37. The van der Waals surface area contributed by atoms with Crippen LogP contribution in [0.2, 0.25) is 5.02 Å². The maximum Gasteiger partial charge on any atom is 0.417 e. The van der Waals surface area contributed by atoms with Crippen molar-refractivity contribution in [3.05, 3.63) is 57.9 Å². The van der Waals surface area contributed by atoms with Crippen LogP contribution in [0.1, 0.15) is 31.2 Å². The molecule has 0 saturated carbocycles. The number of carbonyl (C=O) groups excluding carboxylic acids is 2. The van der Waals surface area contributed by atoms with Gasteiger partial charge in [-0.1, -0.05) is 11.6 Å². The summed E-state index contributed by atoms with van der Waals surface area (Å²) in [5.74, 6) is -0.325. The Kier molecular flexibility index (Phi) is 5.85. The number of hydrogen-bond donors (Lipinski definition) is 1. The van der Waals surface area contributed by atoms with Gasteiger partial charge in [-0.05, 0) is 44.2 Å². The number of halogens is 4. The number of nitrogens with one attached hydrogen (secondary N) is 1. The molecule has 1 aliphatic heterocycles. The van der Waals surface area contributed by atoms with E-state index in [1.54, 1.807) is 13.8 Å². The standard InChI is InChI=1S/C20H18ClF3N2O4/c1-4-29-18(27)16-10(2)26(3)19(28)25-17(16)15-8-7-14(30-15)11-5-6-13(21)12(9-11)20(22,23)24/h5-9,17H,4H2,1-3H3,(H,25,28)/t17-/m0/s1. The summed E-state index contributed by atoms with van der Waals surface area (Å²) in [5, 5.41) is 2.22. The van der Waals surface area contributed by atoms with Gasteiger partial charge in [0.1, 0.15) is 17.6 Å². The van der Waals surface area contributed by atoms with Crippen LogP contribution in [0, 0.1) is 0 Å². The number of furan rings is 1. The molecular formula is C20H18ClF3N2O4. The predicted molar refractivity (Wildman–Crippen MR) is 103 cm³/mol. The lowest BCUT2D eigenvalue weighted by atomic mass is 10.00. The smallest absolute Gasteiger partial charge is 0.417 e. The van der Waals surface area contributed by atoms with Crippen molar-refractivity contribution in [1.29, 1.82) is 0 Å². The number of carbonyl (C=O) groups is 2. The average molecular weight is 443 g/mol. The van der Waals surface area contributed by atoms with E-state index < -0.39 is 34.8 Å². The molecular weight excluding hydrogens is 425 g/mol. The maximum atomic E-state index is 13.2. The van der Waals surface area contributed by atoms with Crippen LogP contribution in [0.5, 0.6) is 0 Å². The van der Waals surface area contributed by atoms with Gasteiger partial charge in [-0.15, -0.1) is 0 Å². The molecule has 10 heteroatoms. The van der Waals surface area contributed by atoms with Crippen molar-refractivity contribution >= 4 is 23.6 Å². The molecule has 1 N–H and O–H groups in total. The van der Waals surface area contributed by atoms with E-state index in [2.05, 4.69) is 5.32 Å². The Balaban J connectivity index is 2.03. The Bertz CT molecular complexity index is 1030. The highest BCUT2D eigenvalue weighted by molar-refractivity contribution is 6.31. The van der Waals surface area contributed by atoms with Crippen LogP contribution >= 0.6 is 11.6 Å². The molecule has 1 aliphatic rings. The number of benzene rings is 1. The molecule has 0 saturated heterocycles. The Labute approximate surface area is 175 Å². The molecule has 1 atom stereocenters. The highest BCUT2D eigenvalue weighted by atomic mass is 35.5. The fourth-order valence-electron chi connectivity index (χ4n) is 3.08. The van der Waals surface area contributed by atoms with E-state index in [-0.39, 0.29) is 29.3 Å². The van der Waals surface area contributed by atoms with E-state index in [1.807, 2.05) is 0 Å². The first-order valence-electron chi connectivity index (χ1n) is 8.93. The summed E-state index contributed by atoms with van der Waals surface area (Å²) in [6, 6.07) is 4.94. The van der Waals surface area contributed by atoms with Gasteiger partial charge in [0.2, 0.25) is 0 Å². The van der Waals surface area contributed by atoms with Crippen molar-refractivity contribution in [2.45, 2.75) is 26.1 Å². The van der Waals surface area contributed by atoms with E-state index in [1.165, 1.54) is 30.1 Å². The van der Waals surface area contributed by atoms with Gasteiger partial charge in [-0.3, -0.25) is 0 Å². The van der Waals surface area contributed by atoms with Crippen LogP contribution in [-0.4, -0.2) is 30.6 Å². The second-order valence-electron chi connectivity index (χ2n) is 6.56. The fourth-order valence-corrected chi connectivity index (χ4v) is 3.31. The summed E-state index contributed by atoms with van der Waals surface area (Å²) in [6.07, 6.45) is -4.62. The number of rotatable bonds is 4. The van der Waals surface area contributed by atoms with Crippen molar-refractivity contribution in [2.75, 3.05) is 13.7 Å². The van der Waals surface area contributed by atoms with E-state index >= 15 is 0 Å². The number of esters is 1. The zero-order valence-electron chi connectivity index (χ0n) is 16.3. The van der Waals surface area contributed by atoms with Gasteiger partial charge in [-0.25, -0.2) is 9.59 Å². The van der Waals surface area contributed by atoms with Crippen LogP contribution in [-0.2, 0) is 15.7 Å². The number of nitrogens with zero attached hydrogens (tertiary/aromatic N) is 1. The number of hydrogen-bond acceptors (Lipinski definition) is 4. The normalized spacial score (nSPS) is 17.2. The number of allylic oxidation sites excluding steroid dienone is 1. The second-order valence-corrected chi connectivity index (χ2v) is 6.96. The molecule has 1 aromatic heterocycles. The van der Waals surface area contributed by atoms with Gasteiger partial charge in [0.25, 0.3) is 0 Å². The summed E-state index contributed by atoms with van der Waals surface area (Å²) in [4.78, 5) is 26.0. The molecule has 0 bridgehead atoms. The third kappa shape index (κ3) is 4.02. The van der Waals surface area contributed by atoms with Crippen molar-refractivity contribution in [3.63, 3.8) is 0 Å². The number of ether oxygens (including phenoxy) is 1. The number of amides is 2. The highest BCUT2D eigenvalue weighted by Crippen LogP contribution is 2.39. The SMILES string of the molecule is CCOC(=O)C1=C(C)N(C)C(=O)N[C@H]1c1ccc(-c2ccc(Cl)c(C(F)(F)F)c2)o1. The summed E-state index contributed by atoms with van der Waals surface area (Å²) in [6.45, 7) is 3.38. The van der Waals surface area contributed by atoms with E-state index in [0.29, 0.717) is 5.70 Å². The second kappa shape index (κ2) is 8.06. The van der Waals surface area contributed by atoms with Crippen molar-refractivity contribution in [3.8, 4) is 11.3 Å². The summed E-state index contributed by atoms with van der Waals surface area (Å²) in [7, 11) is 1.50. The lowest BCUT2D eigenvalue weighted by Crippen LogP contribution is -2.46. The van der Waals surface area contributed by atoms with E-state index in [9.17, 15) is 22.8 Å². The lowest BCUT2D eigenvalue weighted by molar-refractivity contribution is -0.139. The molecule has 0 unspecified atom stereocenters. The molecule has 2 heterocycles. The van der Waals surface area contributed by atoms with Crippen molar-refractivity contribution < 1.29 is 31.9 Å². The fraction of sp³-hybridized carbons (Fsp3) is 0.300. The Hall–Kier alpha value is -2.94. The minimum Gasteiger partial charge on any atom is -0.463 e. The first-order chi connectivity index (χ1) is 14.0. The van der Waals surface area contributed by atoms with Gasteiger partial charge < -0.3 is 19.4 Å². The van der Waals surface area contributed by atoms with Crippen LogP contribution in [0.25, 0.3) is 11.3 Å². The molecule has 0 fully saturated rings. The van der Waals surface area contributed by atoms with Crippen molar-refractivity contribution in [2.24, 2.45) is 0 Å². The van der Waals surface area contributed by atoms with Crippen LogP contribution in [0.3, 0.4) is 0 Å². The van der Waals surface area contributed by atoms with Gasteiger partial charge in [0.05, 0.1) is 22.8 Å². The molecule has 0 radical (unpaired) electrons. The van der Waals surface area contributed by atoms with Gasteiger partial charge in [0, 0.05) is 18.3 Å². The zero-order chi connectivity index (χ0) is 22.2.